The molecule has 0 amide bonds. The van der Waals surface area contributed by atoms with Crippen molar-refractivity contribution in [2.24, 2.45) is 0 Å². The van der Waals surface area contributed by atoms with E-state index in [1.807, 2.05) is 199 Å². The SMILES string of the molecule is O=S(=O)(Oc1ccc(-n2c3ccccc3c3ccccc32)c2c1sc1ccc(N(c3ccccc3)c3ccccc3)cc12)C(F)(F)F.c1ccc(N(c2ccccc2)c2ccc3sc4c(N(c5ccccc5)c5ccccc5)ccc(-n5c6ccccc6c6ccccc65)c4c3c2)cc1.c1ccc(Nc2ccccc2)cc1. The van der Waals surface area contributed by atoms with Crippen LogP contribution < -0.4 is 24.2 Å². The molecular weight excluding hydrogens is 1450 g/mol. The Morgan fingerprint density at radius 2 is 0.589 bits per heavy atom. The van der Waals surface area contributed by atoms with Gasteiger partial charge in [0.05, 0.1) is 48.5 Å². The highest BCUT2D eigenvalue weighted by molar-refractivity contribution is 7.88. The van der Waals surface area contributed by atoms with Crippen molar-refractivity contribution in [3.05, 3.63) is 400 Å². The molecule has 0 aliphatic rings. The number of rotatable bonds is 15. The average Bonchev–Trinajstić information content (AvgIpc) is 1.54. The van der Waals surface area contributed by atoms with Crippen LogP contribution >= 0.6 is 22.7 Å². The van der Waals surface area contributed by atoms with Gasteiger partial charge in [-0.2, -0.15) is 21.6 Å². The molecule has 15 heteroatoms. The Balaban J connectivity index is 0.000000135. The van der Waals surface area contributed by atoms with Crippen molar-refractivity contribution < 1.29 is 25.8 Å². The molecule has 0 aliphatic carbocycles. The summed E-state index contributed by atoms with van der Waals surface area (Å²) in [7, 11) is -5.92. The smallest absolute Gasteiger partial charge is 0.374 e. The summed E-state index contributed by atoms with van der Waals surface area (Å²) in [6.45, 7) is 0. The molecule has 0 saturated heterocycles. The second-order valence-electron chi connectivity index (χ2n) is 26.8. The third-order valence-electron chi connectivity index (χ3n) is 19.9. The number of nitrogens with zero attached hydrogens (tertiary/aromatic N) is 5. The molecule has 542 valence electrons. The van der Waals surface area contributed by atoms with Crippen LogP contribution in [0.25, 0.3) is 95.3 Å². The number of para-hydroxylation sites is 12. The van der Waals surface area contributed by atoms with Crippen molar-refractivity contribution in [3.63, 3.8) is 0 Å². The number of aromatic nitrogens is 2. The van der Waals surface area contributed by atoms with Crippen molar-refractivity contribution in [2.75, 3.05) is 20.0 Å². The molecule has 4 heterocycles. The number of anilines is 11. The van der Waals surface area contributed by atoms with Gasteiger partial charge in [0.2, 0.25) is 0 Å². The van der Waals surface area contributed by atoms with Gasteiger partial charge in [-0.05, 0) is 182 Å². The summed E-state index contributed by atoms with van der Waals surface area (Å²) in [6.07, 6.45) is 0. The zero-order chi connectivity index (χ0) is 75.7. The monoisotopic (exact) mass is 1520 g/mol. The van der Waals surface area contributed by atoms with E-state index in [9.17, 15) is 21.6 Å². The van der Waals surface area contributed by atoms with E-state index in [-0.39, 0.29) is 10.4 Å². The van der Waals surface area contributed by atoms with E-state index in [4.69, 9.17) is 4.18 Å². The average molecular weight is 1520 g/mol. The summed E-state index contributed by atoms with van der Waals surface area (Å²) in [5.41, 5.74) is 12.1. The van der Waals surface area contributed by atoms with Gasteiger partial charge in [0, 0.05) is 109 Å². The molecule has 16 aromatic carbocycles. The summed E-state index contributed by atoms with van der Waals surface area (Å²) < 4.78 is 77.9. The van der Waals surface area contributed by atoms with E-state index in [0.29, 0.717) is 11.1 Å². The van der Waals surface area contributed by atoms with Crippen molar-refractivity contribution in [3.8, 4) is 17.1 Å². The fourth-order valence-corrected chi connectivity index (χ4v) is 18.0. The molecule has 20 rings (SSSR count). The Hall–Kier alpha value is -13.7. The number of hydrogen-bond donors (Lipinski definition) is 1. The van der Waals surface area contributed by atoms with Crippen LogP contribution in [0.1, 0.15) is 0 Å². The van der Waals surface area contributed by atoms with Crippen LogP contribution in [0.5, 0.6) is 5.75 Å². The number of alkyl halides is 3. The van der Waals surface area contributed by atoms with Crippen molar-refractivity contribution in [2.45, 2.75) is 5.51 Å². The first kappa shape index (κ1) is 70.0. The van der Waals surface area contributed by atoms with Crippen LogP contribution in [0.4, 0.5) is 75.7 Å². The van der Waals surface area contributed by atoms with E-state index >= 15 is 0 Å². The minimum Gasteiger partial charge on any atom is -0.374 e. The maximum Gasteiger partial charge on any atom is 0.534 e. The third kappa shape index (κ3) is 13.3. The van der Waals surface area contributed by atoms with Crippen molar-refractivity contribution in [1.29, 1.82) is 0 Å². The summed E-state index contributed by atoms with van der Waals surface area (Å²) in [5, 5.41) is 11.6. The number of hydrogen-bond acceptors (Lipinski definition) is 9. The van der Waals surface area contributed by atoms with Crippen LogP contribution in [0, 0.1) is 0 Å². The van der Waals surface area contributed by atoms with Gasteiger partial charge in [-0.25, -0.2) is 0 Å². The Labute approximate surface area is 652 Å². The zero-order valence-corrected chi connectivity index (χ0v) is 62.4. The van der Waals surface area contributed by atoms with Crippen molar-refractivity contribution >= 4 is 179 Å². The molecule has 0 saturated carbocycles. The Bertz CT molecular complexity index is 6630. The minimum atomic E-state index is -5.92. The molecule has 0 bridgehead atoms. The molecule has 0 radical (unpaired) electrons. The summed E-state index contributed by atoms with van der Waals surface area (Å²) in [4.78, 5) is 6.85. The summed E-state index contributed by atoms with van der Waals surface area (Å²) >= 11 is 3.05. The molecule has 0 unspecified atom stereocenters. The highest BCUT2D eigenvalue weighted by Gasteiger charge is 2.49. The predicted molar refractivity (Wildman–Crippen MR) is 463 cm³/mol. The maximum atomic E-state index is 13.5. The Kier molecular flexibility index (Phi) is 18.8. The molecule has 1 N–H and O–H groups in total. The third-order valence-corrected chi connectivity index (χ3v) is 23.3. The van der Waals surface area contributed by atoms with Crippen LogP contribution in [-0.4, -0.2) is 23.1 Å². The van der Waals surface area contributed by atoms with Crippen LogP contribution in [-0.2, 0) is 10.1 Å². The number of halogens is 3. The molecule has 0 aliphatic heterocycles. The lowest BCUT2D eigenvalue weighted by Crippen LogP contribution is -2.28. The lowest BCUT2D eigenvalue weighted by atomic mass is 10.1. The molecule has 0 atom stereocenters. The van der Waals surface area contributed by atoms with E-state index in [1.165, 1.54) is 65.1 Å². The van der Waals surface area contributed by atoms with E-state index < -0.39 is 15.6 Å². The first-order valence-corrected chi connectivity index (χ1v) is 39.6. The summed E-state index contributed by atoms with van der Waals surface area (Å²) in [5.74, 6) is -0.382. The Morgan fingerprint density at radius 3 is 0.938 bits per heavy atom. The molecule has 0 spiro atoms. The quantitative estimate of drug-likeness (QED) is 0.0810. The fraction of sp³-hybridized carbons (Fsp3) is 0.0103. The number of fused-ring (bicyclic) bond motifs is 12. The van der Waals surface area contributed by atoms with Crippen LogP contribution in [0.15, 0.2) is 400 Å². The van der Waals surface area contributed by atoms with Gasteiger partial charge >= 0.3 is 15.6 Å². The van der Waals surface area contributed by atoms with Gasteiger partial charge in [-0.1, -0.05) is 218 Å². The number of nitrogens with one attached hydrogen (secondary N) is 1. The largest absolute Gasteiger partial charge is 0.534 e. The Morgan fingerprint density at radius 1 is 0.295 bits per heavy atom. The van der Waals surface area contributed by atoms with Crippen LogP contribution in [0.3, 0.4) is 0 Å². The maximum absolute atomic E-state index is 13.5. The van der Waals surface area contributed by atoms with Gasteiger partial charge in [0.15, 0.2) is 5.75 Å². The molecule has 9 nitrogen and oxygen atoms in total. The van der Waals surface area contributed by atoms with Crippen LogP contribution in [0.2, 0.25) is 0 Å². The van der Waals surface area contributed by atoms with Gasteiger partial charge in [0.25, 0.3) is 0 Å². The zero-order valence-electron chi connectivity index (χ0n) is 59.9. The highest BCUT2D eigenvalue weighted by atomic mass is 32.2. The first-order chi connectivity index (χ1) is 55.0. The molecule has 112 heavy (non-hydrogen) atoms. The standard InChI is InChI=1S/C48H33N3S.C37H23F3N2O3S2.C12H11N/c1-5-17-34(18-6-1)49(35-19-7-2-8-20-35)38-29-32-46-41(33-38)47-44(51-42-27-15-13-25-39(42)40-26-14-16-28-43(40)51)30-31-45(48(47)52-46)50(36-21-9-3-10-22-36)37-23-11-4-12-24-37;38-37(39,40)47(43,44)45-33-21-20-32(42-30-17-9-7-15-27(30)28-16-8-10-18-31(28)42)35-29-23-26(19-22-34(29)46-36(33)35)41(24-11-3-1-4-12-24)25-13-5-2-6-14-25;1-3-7-11(8-4-1)13-12-9-5-2-6-10-12/h1-33H;1-23H;1-10,13H. The topological polar surface area (TPSA) is 75.0 Å². The minimum absolute atomic E-state index is 0.287. The van der Waals surface area contributed by atoms with Gasteiger partial charge in [0.1, 0.15) is 0 Å². The van der Waals surface area contributed by atoms with E-state index in [1.54, 1.807) is 6.07 Å². The predicted octanol–water partition coefficient (Wildman–Crippen LogP) is 28.4. The van der Waals surface area contributed by atoms with Gasteiger partial charge < -0.3 is 33.3 Å². The molecule has 0 fully saturated rings. The lowest BCUT2D eigenvalue weighted by molar-refractivity contribution is -0.0499. The van der Waals surface area contributed by atoms with Gasteiger partial charge in [-0.3, -0.25) is 0 Å². The number of thiophene rings is 2. The normalized spacial score (nSPS) is 11.6. The molecular formula is C97H67F3N6O3S3. The van der Waals surface area contributed by atoms with E-state index in [0.717, 1.165) is 94.5 Å². The second-order valence-corrected chi connectivity index (χ2v) is 30.4. The fourth-order valence-electron chi connectivity index (χ4n) is 15.1. The first-order valence-electron chi connectivity index (χ1n) is 36.5. The lowest BCUT2D eigenvalue weighted by Gasteiger charge is -2.27. The van der Waals surface area contributed by atoms with Crippen molar-refractivity contribution in [1.82, 2.24) is 9.13 Å². The highest BCUT2D eigenvalue weighted by Crippen LogP contribution is 2.52. The van der Waals surface area contributed by atoms with E-state index in [2.05, 4.69) is 229 Å². The molecule has 20 aromatic rings. The molecule has 4 aromatic heterocycles. The second kappa shape index (κ2) is 30.0. The van der Waals surface area contributed by atoms with Gasteiger partial charge in [-0.15, -0.1) is 22.7 Å². The number of benzene rings is 16. The summed E-state index contributed by atoms with van der Waals surface area (Å²) in [6, 6.07) is 137.